The van der Waals surface area contributed by atoms with Gasteiger partial charge in [0.15, 0.2) is 0 Å². The molecule has 0 amide bonds. The van der Waals surface area contributed by atoms with Gasteiger partial charge in [0.05, 0.1) is 6.61 Å². The monoisotopic (exact) mass is 412 g/mol. The molecule has 0 aromatic heterocycles. The summed E-state index contributed by atoms with van der Waals surface area (Å²) in [4.78, 5) is 0. The zero-order valence-electron chi connectivity index (χ0n) is 18.1. The van der Waals surface area contributed by atoms with Gasteiger partial charge < -0.3 is 4.55 Å². The van der Waals surface area contributed by atoms with Crippen LogP contribution in [0, 0.1) is 5.92 Å². The van der Waals surface area contributed by atoms with Crippen molar-refractivity contribution in [3.8, 4) is 0 Å². The summed E-state index contributed by atoms with van der Waals surface area (Å²) in [6, 6.07) is 0. The van der Waals surface area contributed by atoms with Gasteiger partial charge in [-0.1, -0.05) is 103 Å². The molecule has 0 aromatic rings. The Morgan fingerprint density at radius 2 is 1.30 bits per heavy atom. The Hall–Kier alpha value is 0.610. The number of allylic oxidation sites excluding steroid dienone is 1. The van der Waals surface area contributed by atoms with E-state index in [9.17, 15) is 13.0 Å². The second-order valence-corrected chi connectivity index (χ2v) is 8.40. The molecule has 27 heavy (non-hydrogen) atoms. The van der Waals surface area contributed by atoms with Crippen LogP contribution in [0.4, 0.5) is 0 Å². The van der Waals surface area contributed by atoms with Crippen LogP contribution in [-0.4, -0.2) is 19.6 Å². The predicted molar refractivity (Wildman–Crippen MR) is 109 cm³/mol. The SMILES string of the molecule is CCCCCC/C=C/C(CCCCCCCCCCC)COS(=O)(=O)[O-].[Na+]. The van der Waals surface area contributed by atoms with Gasteiger partial charge in [-0.05, 0) is 19.3 Å². The second-order valence-electron chi connectivity index (χ2n) is 7.35. The van der Waals surface area contributed by atoms with Gasteiger partial charge in [-0.2, -0.15) is 0 Å². The molecule has 156 valence electrons. The molecule has 6 heteroatoms. The van der Waals surface area contributed by atoms with Crippen molar-refractivity contribution in [1.82, 2.24) is 0 Å². The van der Waals surface area contributed by atoms with Crippen LogP contribution in [-0.2, 0) is 14.6 Å². The summed E-state index contributed by atoms with van der Waals surface area (Å²) in [5.41, 5.74) is 0. The molecule has 1 unspecified atom stereocenters. The zero-order chi connectivity index (χ0) is 19.5. The van der Waals surface area contributed by atoms with Crippen molar-refractivity contribution < 1.29 is 46.7 Å². The van der Waals surface area contributed by atoms with Crippen LogP contribution in [0.2, 0.25) is 0 Å². The normalized spacial score (nSPS) is 13.0. The summed E-state index contributed by atoms with van der Waals surface area (Å²) in [5, 5.41) is 0. The molecule has 0 heterocycles. The van der Waals surface area contributed by atoms with Crippen molar-refractivity contribution in [2.24, 2.45) is 5.92 Å². The summed E-state index contributed by atoms with van der Waals surface area (Å²) in [6.07, 6.45) is 22.3. The first-order chi connectivity index (χ1) is 12.5. The van der Waals surface area contributed by atoms with Crippen molar-refractivity contribution >= 4 is 10.4 Å². The van der Waals surface area contributed by atoms with Gasteiger partial charge in [-0.25, -0.2) is 8.42 Å². The van der Waals surface area contributed by atoms with E-state index in [1.54, 1.807) is 0 Å². The average molecular weight is 413 g/mol. The van der Waals surface area contributed by atoms with Crippen LogP contribution in [0.1, 0.15) is 110 Å². The molecule has 0 radical (unpaired) electrons. The average Bonchev–Trinajstić information content (AvgIpc) is 2.59. The molecule has 0 aliphatic rings. The second kappa shape index (κ2) is 21.3. The van der Waals surface area contributed by atoms with E-state index in [4.69, 9.17) is 0 Å². The molecule has 0 fully saturated rings. The molecule has 0 saturated carbocycles. The fourth-order valence-corrected chi connectivity index (χ4v) is 3.44. The molecule has 0 aromatic carbocycles. The van der Waals surface area contributed by atoms with Crippen LogP contribution in [0.3, 0.4) is 0 Å². The molecular weight excluding hydrogens is 371 g/mol. The topological polar surface area (TPSA) is 66.4 Å². The first-order valence-corrected chi connectivity index (χ1v) is 12.1. The maximum absolute atomic E-state index is 10.7. The zero-order valence-corrected chi connectivity index (χ0v) is 20.9. The van der Waals surface area contributed by atoms with Crippen molar-refractivity contribution in [3.05, 3.63) is 12.2 Å². The van der Waals surface area contributed by atoms with Crippen LogP contribution in [0.15, 0.2) is 12.2 Å². The van der Waals surface area contributed by atoms with E-state index in [2.05, 4.69) is 24.1 Å². The van der Waals surface area contributed by atoms with Crippen molar-refractivity contribution in [2.75, 3.05) is 6.61 Å². The Morgan fingerprint density at radius 3 is 1.81 bits per heavy atom. The molecule has 4 nitrogen and oxygen atoms in total. The molecule has 1 atom stereocenters. The number of hydrogen-bond acceptors (Lipinski definition) is 4. The predicted octanol–water partition coefficient (Wildman–Crippen LogP) is 3.53. The first-order valence-electron chi connectivity index (χ1n) is 10.8. The molecule has 0 aliphatic carbocycles. The fourth-order valence-electron chi connectivity index (χ4n) is 3.10. The van der Waals surface area contributed by atoms with E-state index in [-0.39, 0.29) is 42.1 Å². The molecule has 0 bridgehead atoms. The van der Waals surface area contributed by atoms with Crippen molar-refractivity contribution in [3.63, 3.8) is 0 Å². The third kappa shape index (κ3) is 24.6. The molecule has 0 saturated heterocycles. The number of rotatable bonds is 19. The Bertz CT molecular complexity index is 424. The standard InChI is InChI=1S/C21H42O4S.Na/c1-3-5-7-9-11-12-13-15-17-19-21(20-25-26(22,23)24)18-16-14-10-8-6-4-2;/h16,18,21H,3-15,17,19-20H2,1-2H3,(H,22,23,24);/q;+1/p-1/b18-16+;. The summed E-state index contributed by atoms with van der Waals surface area (Å²) in [6.45, 7) is 4.41. The Kier molecular flexibility index (Phi) is 23.5. The largest absolute Gasteiger partial charge is 1.00 e. The smallest absolute Gasteiger partial charge is 0.726 e. The summed E-state index contributed by atoms with van der Waals surface area (Å²) in [5.74, 6) is 0.0226. The van der Waals surface area contributed by atoms with E-state index in [1.165, 1.54) is 70.6 Å². The summed E-state index contributed by atoms with van der Waals surface area (Å²) in [7, 11) is -4.60. The Labute approximate surface area is 191 Å². The maximum Gasteiger partial charge on any atom is 1.00 e. The van der Waals surface area contributed by atoms with E-state index < -0.39 is 10.4 Å². The van der Waals surface area contributed by atoms with E-state index in [0.717, 1.165) is 25.7 Å². The Balaban J connectivity index is 0. The third-order valence-electron chi connectivity index (χ3n) is 4.74. The van der Waals surface area contributed by atoms with E-state index >= 15 is 0 Å². The quantitative estimate of drug-likeness (QED) is 0.107. The van der Waals surface area contributed by atoms with Gasteiger partial charge in [0.1, 0.15) is 0 Å². The van der Waals surface area contributed by atoms with Gasteiger partial charge >= 0.3 is 29.6 Å². The minimum atomic E-state index is -4.60. The van der Waals surface area contributed by atoms with Gasteiger partial charge in [-0.15, -0.1) is 0 Å². The van der Waals surface area contributed by atoms with Crippen LogP contribution in [0.25, 0.3) is 0 Å². The van der Waals surface area contributed by atoms with Crippen molar-refractivity contribution in [2.45, 2.75) is 110 Å². The van der Waals surface area contributed by atoms with Gasteiger partial charge in [0.2, 0.25) is 10.4 Å². The van der Waals surface area contributed by atoms with E-state index in [0.29, 0.717) is 0 Å². The van der Waals surface area contributed by atoms with Crippen LogP contribution < -0.4 is 29.6 Å². The molecule has 0 aliphatic heterocycles. The van der Waals surface area contributed by atoms with Crippen LogP contribution >= 0.6 is 0 Å². The van der Waals surface area contributed by atoms with Gasteiger partial charge in [-0.3, -0.25) is 4.18 Å². The van der Waals surface area contributed by atoms with Crippen molar-refractivity contribution in [1.29, 1.82) is 0 Å². The minimum Gasteiger partial charge on any atom is -0.726 e. The molecule has 0 rings (SSSR count). The number of hydrogen-bond donors (Lipinski definition) is 0. The Morgan fingerprint density at radius 1 is 0.815 bits per heavy atom. The van der Waals surface area contributed by atoms with Crippen LogP contribution in [0.5, 0.6) is 0 Å². The third-order valence-corrected chi connectivity index (χ3v) is 5.16. The van der Waals surface area contributed by atoms with Gasteiger partial charge in [0, 0.05) is 5.92 Å². The summed E-state index contributed by atoms with van der Waals surface area (Å²) < 4.78 is 36.6. The summed E-state index contributed by atoms with van der Waals surface area (Å²) >= 11 is 0. The van der Waals surface area contributed by atoms with Gasteiger partial charge in [0.25, 0.3) is 0 Å². The maximum atomic E-state index is 10.7. The van der Waals surface area contributed by atoms with E-state index in [1.807, 2.05) is 6.08 Å². The molecular formula is C21H41NaO4S. The molecule has 0 spiro atoms. The first kappa shape index (κ1) is 29.8. The minimum absolute atomic E-state index is 0. The number of unbranched alkanes of at least 4 members (excludes halogenated alkanes) is 12. The molecule has 0 N–H and O–H groups in total. The fraction of sp³-hybridized carbons (Fsp3) is 0.905.